The van der Waals surface area contributed by atoms with Gasteiger partial charge >= 0.3 is 0 Å². The zero-order chi connectivity index (χ0) is 14.7. The molecule has 0 bridgehead atoms. The third-order valence-corrected chi connectivity index (χ3v) is 3.91. The second kappa shape index (κ2) is 5.99. The first-order chi connectivity index (χ1) is 10.3. The molecule has 3 rings (SSSR count). The highest BCUT2D eigenvalue weighted by Gasteiger charge is 2.28. The highest BCUT2D eigenvalue weighted by atomic mass is 16.5. The van der Waals surface area contributed by atoms with E-state index >= 15 is 0 Å². The van der Waals surface area contributed by atoms with E-state index in [0.29, 0.717) is 11.7 Å². The molecule has 0 radical (unpaired) electrons. The maximum absolute atomic E-state index is 12.2. The van der Waals surface area contributed by atoms with Crippen LogP contribution in [-0.4, -0.2) is 36.2 Å². The van der Waals surface area contributed by atoms with Gasteiger partial charge in [-0.3, -0.25) is 4.79 Å². The second-order valence-corrected chi connectivity index (χ2v) is 5.33. The van der Waals surface area contributed by atoms with Crippen molar-refractivity contribution in [3.05, 3.63) is 47.9 Å². The number of hydrogen-bond acceptors (Lipinski definition) is 4. The minimum atomic E-state index is -0.0651. The van der Waals surface area contributed by atoms with E-state index in [1.807, 2.05) is 17.0 Å². The molecule has 1 amide bonds. The topological polar surface area (TPSA) is 55.6 Å². The number of carbonyl (C=O) groups is 1. The fourth-order valence-corrected chi connectivity index (χ4v) is 2.76. The molecule has 5 nitrogen and oxygen atoms in total. The van der Waals surface area contributed by atoms with Crippen LogP contribution in [0.2, 0.25) is 0 Å². The molecule has 1 aliphatic rings. The smallest absolute Gasteiger partial charge is 0.292 e. The van der Waals surface area contributed by atoms with Gasteiger partial charge in [0.15, 0.2) is 0 Å². The number of likely N-dealkylation sites (tertiary alicyclic amines) is 1. The van der Waals surface area contributed by atoms with Crippen molar-refractivity contribution in [2.45, 2.75) is 12.8 Å². The van der Waals surface area contributed by atoms with Crippen LogP contribution in [0.1, 0.15) is 22.5 Å². The highest BCUT2D eigenvalue weighted by Crippen LogP contribution is 2.23. The summed E-state index contributed by atoms with van der Waals surface area (Å²) >= 11 is 0. The van der Waals surface area contributed by atoms with Gasteiger partial charge in [-0.25, -0.2) is 0 Å². The van der Waals surface area contributed by atoms with E-state index < -0.39 is 0 Å². The van der Waals surface area contributed by atoms with Gasteiger partial charge in [-0.15, -0.1) is 0 Å². The number of aromatic nitrogens is 1. The molecule has 1 fully saturated rings. The van der Waals surface area contributed by atoms with Crippen LogP contribution in [0.3, 0.4) is 0 Å². The Morgan fingerprint density at radius 2 is 2.19 bits per heavy atom. The van der Waals surface area contributed by atoms with Crippen molar-refractivity contribution in [1.29, 1.82) is 0 Å². The SMILES string of the molecule is COc1ccc(CC2CCN(C(=O)c3ccno3)C2)cc1. The van der Waals surface area contributed by atoms with Gasteiger partial charge in [0.1, 0.15) is 5.75 Å². The Labute approximate surface area is 123 Å². The number of carbonyl (C=O) groups excluding carboxylic acids is 1. The maximum atomic E-state index is 12.2. The average molecular weight is 286 g/mol. The third kappa shape index (κ3) is 3.07. The monoisotopic (exact) mass is 286 g/mol. The molecule has 5 heteroatoms. The number of rotatable bonds is 4. The van der Waals surface area contributed by atoms with E-state index in [4.69, 9.17) is 9.26 Å². The fraction of sp³-hybridized carbons (Fsp3) is 0.375. The van der Waals surface area contributed by atoms with Crippen LogP contribution in [0.5, 0.6) is 5.75 Å². The minimum absolute atomic E-state index is 0.0651. The highest BCUT2D eigenvalue weighted by molar-refractivity contribution is 5.91. The molecule has 1 saturated heterocycles. The van der Waals surface area contributed by atoms with Gasteiger partial charge in [-0.05, 0) is 36.5 Å². The number of benzene rings is 1. The summed E-state index contributed by atoms with van der Waals surface area (Å²) in [7, 11) is 1.67. The number of nitrogens with zero attached hydrogens (tertiary/aromatic N) is 2. The predicted octanol–water partition coefficient (Wildman–Crippen LogP) is 2.39. The first kappa shape index (κ1) is 13.7. The second-order valence-electron chi connectivity index (χ2n) is 5.33. The van der Waals surface area contributed by atoms with E-state index in [1.165, 1.54) is 11.8 Å². The van der Waals surface area contributed by atoms with Crippen molar-refractivity contribution in [2.75, 3.05) is 20.2 Å². The Morgan fingerprint density at radius 1 is 1.38 bits per heavy atom. The van der Waals surface area contributed by atoms with Crippen molar-refractivity contribution in [2.24, 2.45) is 5.92 Å². The lowest BCUT2D eigenvalue weighted by Crippen LogP contribution is -2.28. The van der Waals surface area contributed by atoms with Gasteiger partial charge in [-0.2, -0.15) is 0 Å². The van der Waals surface area contributed by atoms with E-state index in [0.717, 1.165) is 31.7 Å². The lowest BCUT2D eigenvalue weighted by molar-refractivity contribution is 0.0745. The molecule has 1 aliphatic heterocycles. The Balaban J connectivity index is 1.58. The maximum Gasteiger partial charge on any atom is 0.292 e. The first-order valence-corrected chi connectivity index (χ1v) is 7.09. The van der Waals surface area contributed by atoms with E-state index in [-0.39, 0.29) is 5.91 Å². The van der Waals surface area contributed by atoms with E-state index in [1.54, 1.807) is 13.2 Å². The van der Waals surface area contributed by atoms with Crippen LogP contribution in [0, 0.1) is 5.92 Å². The van der Waals surface area contributed by atoms with Crippen LogP contribution >= 0.6 is 0 Å². The predicted molar refractivity (Wildman–Crippen MR) is 77.2 cm³/mol. The van der Waals surface area contributed by atoms with Gasteiger partial charge < -0.3 is 14.2 Å². The van der Waals surface area contributed by atoms with Crippen LogP contribution in [0.4, 0.5) is 0 Å². The van der Waals surface area contributed by atoms with Gasteiger partial charge in [0.25, 0.3) is 5.91 Å². The Hall–Kier alpha value is -2.30. The van der Waals surface area contributed by atoms with Crippen molar-refractivity contribution in [1.82, 2.24) is 10.1 Å². The third-order valence-electron chi connectivity index (χ3n) is 3.91. The molecule has 2 heterocycles. The molecular weight excluding hydrogens is 268 g/mol. The average Bonchev–Trinajstić information content (AvgIpc) is 3.19. The van der Waals surface area contributed by atoms with Crippen molar-refractivity contribution in [3.63, 3.8) is 0 Å². The number of ether oxygens (including phenoxy) is 1. The van der Waals surface area contributed by atoms with Crippen LogP contribution in [0.25, 0.3) is 0 Å². The molecule has 1 atom stereocenters. The largest absolute Gasteiger partial charge is 0.497 e. The van der Waals surface area contributed by atoms with Crippen molar-refractivity contribution in [3.8, 4) is 5.75 Å². The van der Waals surface area contributed by atoms with E-state index in [9.17, 15) is 4.79 Å². The quantitative estimate of drug-likeness (QED) is 0.866. The number of hydrogen-bond donors (Lipinski definition) is 0. The first-order valence-electron chi connectivity index (χ1n) is 7.09. The molecule has 1 aromatic carbocycles. The normalized spacial score (nSPS) is 18.0. The van der Waals surface area contributed by atoms with Crippen molar-refractivity contribution >= 4 is 5.91 Å². The van der Waals surface area contributed by atoms with Gasteiger partial charge in [0.05, 0.1) is 13.3 Å². The van der Waals surface area contributed by atoms with E-state index in [2.05, 4.69) is 17.3 Å². The van der Waals surface area contributed by atoms with Crippen LogP contribution in [-0.2, 0) is 6.42 Å². The Bertz CT molecular complexity index is 592. The molecule has 2 aromatic rings. The van der Waals surface area contributed by atoms with Crippen LogP contribution in [0.15, 0.2) is 41.1 Å². The zero-order valence-corrected chi connectivity index (χ0v) is 12.0. The van der Waals surface area contributed by atoms with Crippen LogP contribution < -0.4 is 4.74 Å². The molecule has 0 spiro atoms. The molecule has 0 N–H and O–H groups in total. The Morgan fingerprint density at radius 3 is 2.86 bits per heavy atom. The fourth-order valence-electron chi connectivity index (χ4n) is 2.76. The molecule has 21 heavy (non-hydrogen) atoms. The molecule has 1 aromatic heterocycles. The summed E-state index contributed by atoms with van der Waals surface area (Å²) in [4.78, 5) is 14.0. The lowest BCUT2D eigenvalue weighted by atomic mass is 9.99. The summed E-state index contributed by atoms with van der Waals surface area (Å²) in [5.74, 6) is 1.61. The summed E-state index contributed by atoms with van der Waals surface area (Å²) in [6.07, 6.45) is 3.49. The molecule has 0 saturated carbocycles. The summed E-state index contributed by atoms with van der Waals surface area (Å²) in [6, 6.07) is 9.72. The zero-order valence-electron chi connectivity index (χ0n) is 12.0. The molecule has 110 valence electrons. The number of amides is 1. The standard InChI is InChI=1S/C16H18N2O3/c1-20-14-4-2-12(3-5-14)10-13-7-9-18(11-13)16(19)15-6-8-17-21-15/h2-6,8,13H,7,9-11H2,1H3. The summed E-state index contributed by atoms with van der Waals surface area (Å²) in [5.41, 5.74) is 1.27. The van der Waals surface area contributed by atoms with Gasteiger partial charge in [-0.1, -0.05) is 17.3 Å². The summed E-state index contributed by atoms with van der Waals surface area (Å²) < 4.78 is 10.1. The molecule has 0 aliphatic carbocycles. The molecular formula is C16H18N2O3. The van der Waals surface area contributed by atoms with Crippen molar-refractivity contribution < 1.29 is 14.1 Å². The summed E-state index contributed by atoms with van der Waals surface area (Å²) in [5, 5.41) is 3.58. The van der Waals surface area contributed by atoms with Gasteiger partial charge in [0, 0.05) is 19.2 Å². The van der Waals surface area contributed by atoms with Gasteiger partial charge in [0.2, 0.25) is 5.76 Å². The minimum Gasteiger partial charge on any atom is -0.497 e. The summed E-state index contributed by atoms with van der Waals surface area (Å²) in [6.45, 7) is 1.55. The Kier molecular flexibility index (Phi) is 3.90. The number of methoxy groups -OCH3 is 1. The lowest BCUT2D eigenvalue weighted by Gasteiger charge is -2.14. The molecule has 1 unspecified atom stereocenters.